The van der Waals surface area contributed by atoms with E-state index in [-0.39, 0.29) is 6.10 Å². The highest BCUT2D eigenvalue weighted by Gasteiger charge is 2.23. The second-order valence-electron chi connectivity index (χ2n) is 3.55. The Hall–Kier alpha value is -1.26. The summed E-state index contributed by atoms with van der Waals surface area (Å²) >= 11 is 0. The van der Waals surface area contributed by atoms with Gasteiger partial charge < -0.3 is 18.9 Å². The van der Waals surface area contributed by atoms with E-state index in [9.17, 15) is 0 Å². The standard InChI is InChI=1S/C12H16O4/c1-13-6-7-14-11-4-2-3-5-12(11)16-9-10-8-15-10/h2-5,10H,6-9H2,1H3. The first-order valence-corrected chi connectivity index (χ1v) is 5.35. The van der Waals surface area contributed by atoms with Gasteiger partial charge >= 0.3 is 0 Å². The molecular weight excluding hydrogens is 208 g/mol. The van der Waals surface area contributed by atoms with Crippen LogP contribution in [0.5, 0.6) is 11.5 Å². The fraction of sp³-hybridized carbons (Fsp3) is 0.500. The molecule has 1 saturated heterocycles. The SMILES string of the molecule is COCCOc1ccccc1OCC1CO1. The summed E-state index contributed by atoms with van der Waals surface area (Å²) in [6, 6.07) is 7.62. The van der Waals surface area contributed by atoms with Crippen molar-refractivity contribution in [3.8, 4) is 11.5 Å². The van der Waals surface area contributed by atoms with E-state index in [4.69, 9.17) is 18.9 Å². The first kappa shape index (κ1) is 11.2. The van der Waals surface area contributed by atoms with Crippen molar-refractivity contribution in [2.45, 2.75) is 6.10 Å². The highest BCUT2D eigenvalue weighted by Crippen LogP contribution is 2.27. The van der Waals surface area contributed by atoms with Gasteiger partial charge in [-0.1, -0.05) is 12.1 Å². The van der Waals surface area contributed by atoms with E-state index in [1.165, 1.54) is 0 Å². The number of ether oxygens (including phenoxy) is 4. The zero-order valence-electron chi connectivity index (χ0n) is 9.35. The summed E-state index contributed by atoms with van der Waals surface area (Å²) in [6.07, 6.45) is 0.257. The third-order valence-corrected chi connectivity index (χ3v) is 2.22. The molecule has 1 aromatic carbocycles. The van der Waals surface area contributed by atoms with Crippen molar-refractivity contribution in [1.82, 2.24) is 0 Å². The number of rotatable bonds is 7. The minimum Gasteiger partial charge on any atom is -0.487 e. The van der Waals surface area contributed by atoms with Crippen LogP contribution in [-0.4, -0.2) is 39.6 Å². The van der Waals surface area contributed by atoms with Crippen LogP contribution in [0.25, 0.3) is 0 Å². The predicted molar refractivity (Wildman–Crippen MR) is 59.0 cm³/mol. The topological polar surface area (TPSA) is 40.2 Å². The quantitative estimate of drug-likeness (QED) is 0.519. The van der Waals surface area contributed by atoms with Crippen LogP contribution in [0.15, 0.2) is 24.3 Å². The first-order chi connectivity index (χ1) is 7.90. The lowest BCUT2D eigenvalue weighted by molar-refractivity contribution is 0.142. The van der Waals surface area contributed by atoms with Crippen LogP contribution in [0.1, 0.15) is 0 Å². The summed E-state index contributed by atoms with van der Waals surface area (Å²) in [4.78, 5) is 0. The van der Waals surface area contributed by atoms with Crippen molar-refractivity contribution in [3.05, 3.63) is 24.3 Å². The first-order valence-electron chi connectivity index (χ1n) is 5.35. The molecule has 0 aromatic heterocycles. The minimum atomic E-state index is 0.257. The van der Waals surface area contributed by atoms with Crippen LogP contribution >= 0.6 is 0 Å². The second kappa shape index (κ2) is 5.72. The van der Waals surface area contributed by atoms with Crippen LogP contribution in [0.2, 0.25) is 0 Å². The van der Waals surface area contributed by atoms with Crippen molar-refractivity contribution in [2.75, 3.05) is 33.5 Å². The molecule has 0 amide bonds. The van der Waals surface area contributed by atoms with E-state index < -0.39 is 0 Å². The van der Waals surface area contributed by atoms with Gasteiger partial charge in [0.15, 0.2) is 11.5 Å². The van der Waals surface area contributed by atoms with Gasteiger partial charge in [0.25, 0.3) is 0 Å². The number of hydrogen-bond acceptors (Lipinski definition) is 4. The number of methoxy groups -OCH3 is 1. The molecule has 0 spiro atoms. The summed E-state index contributed by atoms with van der Waals surface area (Å²) < 4.78 is 21.1. The minimum absolute atomic E-state index is 0.257. The third kappa shape index (κ3) is 3.40. The fourth-order valence-corrected chi connectivity index (χ4v) is 1.27. The highest BCUT2D eigenvalue weighted by atomic mass is 16.6. The molecular formula is C12H16O4. The molecule has 1 unspecified atom stereocenters. The van der Waals surface area contributed by atoms with Crippen LogP contribution < -0.4 is 9.47 Å². The van der Waals surface area contributed by atoms with Crippen molar-refractivity contribution in [2.24, 2.45) is 0 Å². The number of hydrogen-bond donors (Lipinski definition) is 0. The molecule has 1 fully saturated rings. The van der Waals surface area contributed by atoms with Crippen molar-refractivity contribution in [3.63, 3.8) is 0 Å². The molecule has 0 radical (unpaired) electrons. The Labute approximate surface area is 95.1 Å². The van der Waals surface area contributed by atoms with Gasteiger partial charge in [0.05, 0.1) is 13.2 Å². The number of epoxide rings is 1. The Balaban J connectivity index is 1.87. The highest BCUT2D eigenvalue weighted by molar-refractivity contribution is 5.39. The van der Waals surface area contributed by atoms with Gasteiger partial charge in [-0.2, -0.15) is 0 Å². The summed E-state index contributed by atoms with van der Waals surface area (Å²) in [6.45, 7) is 2.48. The third-order valence-electron chi connectivity index (χ3n) is 2.22. The number of para-hydroxylation sites is 2. The summed E-state index contributed by atoms with van der Waals surface area (Å²) in [5.41, 5.74) is 0. The molecule has 0 aliphatic carbocycles. The zero-order chi connectivity index (χ0) is 11.2. The average molecular weight is 224 g/mol. The van der Waals surface area contributed by atoms with Crippen LogP contribution in [-0.2, 0) is 9.47 Å². The molecule has 0 N–H and O–H groups in total. The molecule has 1 atom stereocenters. The maximum absolute atomic E-state index is 5.60. The van der Waals surface area contributed by atoms with Crippen LogP contribution in [0.3, 0.4) is 0 Å². The van der Waals surface area contributed by atoms with E-state index in [0.717, 1.165) is 18.1 Å². The zero-order valence-corrected chi connectivity index (χ0v) is 9.35. The second-order valence-corrected chi connectivity index (χ2v) is 3.55. The van der Waals surface area contributed by atoms with E-state index in [0.29, 0.717) is 19.8 Å². The van der Waals surface area contributed by atoms with Crippen LogP contribution in [0, 0.1) is 0 Å². The molecule has 1 aromatic rings. The molecule has 1 heterocycles. The van der Waals surface area contributed by atoms with Crippen LogP contribution in [0.4, 0.5) is 0 Å². The lowest BCUT2D eigenvalue weighted by Gasteiger charge is -2.11. The molecule has 1 aliphatic heterocycles. The Morgan fingerprint density at radius 1 is 1.19 bits per heavy atom. The molecule has 4 heteroatoms. The monoisotopic (exact) mass is 224 g/mol. The Bertz CT molecular complexity index is 323. The normalized spacial score (nSPS) is 18.2. The van der Waals surface area contributed by atoms with Gasteiger partial charge in [0, 0.05) is 7.11 Å². The van der Waals surface area contributed by atoms with Gasteiger partial charge in [0.2, 0.25) is 0 Å². The number of benzene rings is 1. The molecule has 0 saturated carbocycles. The van der Waals surface area contributed by atoms with Crippen molar-refractivity contribution < 1.29 is 18.9 Å². The van der Waals surface area contributed by atoms with Gasteiger partial charge in [0.1, 0.15) is 19.3 Å². The van der Waals surface area contributed by atoms with E-state index in [1.54, 1.807) is 7.11 Å². The summed E-state index contributed by atoms with van der Waals surface area (Å²) in [7, 11) is 1.65. The Morgan fingerprint density at radius 3 is 2.50 bits per heavy atom. The van der Waals surface area contributed by atoms with Crippen molar-refractivity contribution >= 4 is 0 Å². The maximum atomic E-state index is 5.60. The van der Waals surface area contributed by atoms with Gasteiger partial charge in [-0.3, -0.25) is 0 Å². The molecule has 2 rings (SSSR count). The summed E-state index contributed by atoms with van der Waals surface area (Å²) in [5, 5.41) is 0. The summed E-state index contributed by atoms with van der Waals surface area (Å²) in [5.74, 6) is 1.51. The van der Waals surface area contributed by atoms with Gasteiger partial charge in [-0.05, 0) is 12.1 Å². The van der Waals surface area contributed by atoms with Gasteiger partial charge in [-0.15, -0.1) is 0 Å². The van der Waals surface area contributed by atoms with E-state index in [1.807, 2.05) is 24.3 Å². The van der Waals surface area contributed by atoms with Gasteiger partial charge in [-0.25, -0.2) is 0 Å². The maximum Gasteiger partial charge on any atom is 0.161 e. The largest absolute Gasteiger partial charge is 0.487 e. The molecule has 4 nitrogen and oxygen atoms in total. The van der Waals surface area contributed by atoms with E-state index >= 15 is 0 Å². The van der Waals surface area contributed by atoms with E-state index in [2.05, 4.69) is 0 Å². The molecule has 0 bridgehead atoms. The fourth-order valence-electron chi connectivity index (χ4n) is 1.27. The molecule has 16 heavy (non-hydrogen) atoms. The smallest absolute Gasteiger partial charge is 0.161 e. The average Bonchev–Trinajstić information content (AvgIpc) is 3.12. The Kier molecular flexibility index (Phi) is 4.02. The molecule has 1 aliphatic rings. The molecule has 88 valence electrons. The lowest BCUT2D eigenvalue weighted by atomic mass is 10.3. The van der Waals surface area contributed by atoms with Crippen molar-refractivity contribution in [1.29, 1.82) is 0 Å². The predicted octanol–water partition coefficient (Wildman–Crippen LogP) is 1.49. The lowest BCUT2D eigenvalue weighted by Crippen LogP contribution is -2.08. The Morgan fingerprint density at radius 2 is 1.88 bits per heavy atom.